The SMILES string of the molecule is CCCc1cccc(CCC)c1-n1cc[n+](-c2c(CCC)cccc2CCC)c1.[Cl][Cu]. The Labute approximate surface area is 201 Å². The molecule has 1 heterocycles. The Balaban J connectivity index is 0.00000166. The number of rotatable bonds is 10. The van der Waals surface area contributed by atoms with Crippen LogP contribution in [0.2, 0.25) is 0 Å². The van der Waals surface area contributed by atoms with Crippen LogP contribution >= 0.6 is 10.1 Å². The zero-order valence-corrected chi connectivity index (χ0v) is 21.1. The number of nitrogens with zero attached hydrogens (tertiary/aromatic N) is 2. The van der Waals surface area contributed by atoms with E-state index in [9.17, 15) is 0 Å². The fourth-order valence-corrected chi connectivity index (χ4v) is 4.46. The summed E-state index contributed by atoms with van der Waals surface area (Å²) in [6.07, 6.45) is 16.0. The van der Waals surface area contributed by atoms with Crippen LogP contribution in [0.5, 0.6) is 0 Å². The van der Waals surface area contributed by atoms with E-state index in [1.165, 1.54) is 59.3 Å². The zero-order valence-electron chi connectivity index (χ0n) is 19.4. The van der Waals surface area contributed by atoms with Gasteiger partial charge in [0.25, 0.3) is 6.33 Å². The fraction of sp³-hybridized carbons (Fsp3) is 0.444. The Morgan fingerprint density at radius 2 is 1.13 bits per heavy atom. The first-order valence-electron chi connectivity index (χ1n) is 11.7. The third kappa shape index (κ3) is 6.48. The number of halogens is 1. The summed E-state index contributed by atoms with van der Waals surface area (Å²) in [6.45, 7) is 9.07. The summed E-state index contributed by atoms with van der Waals surface area (Å²) in [5, 5.41) is 0. The minimum atomic E-state index is 1.12. The average Bonchev–Trinajstić information content (AvgIpc) is 3.26. The van der Waals surface area contributed by atoms with E-state index in [1.54, 1.807) is 0 Å². The second-order valence-electron chi connectivity index (χ2n) is 8.08. The van der Waals surface area contributed by atoms with E-state index in [0.29, 0.717) is 0 Å². The predicted molar refractivity (Wildman–Crippen MR) is 129 cm³/mol. The molecular formula is C27H37ClCuN2+. The van der Waals surface area contributed by atoms with Crippen LogP contribution in [0.15, 0.2) is 55.1 Å². The van der Waals surface area contributed by atoms with Crippen LogP contribution in [0.25, 0.3) is 11.4 Å². The second-order valence-corrected chi connectivity index (χ2v) is 8.08. The molecule has 0 aliphatic heterocycles. The van der Waals surface area contributed by atoms with Crippen molar-refractivity contribution in [3.63, 3.8) is 0 Å². The summed E-state index contributed by atoms with van der Waals surface area (Å²) in [7, 11) is 4.20. The van der Waals surface area contributed by atoms with E-state index in [1.807, 2.05) is 0 Å². The Kier molecular flexibility index (Phi) is 11.4. The first-order chi connectivity index (χ1) is 15.2. The Hall–Kier alpha value is -1.54. The van der Waals surface area contributed by atoms with E-state index in [-0.39, 0.29) is 0 Å². The molecule has 2 nitrogen and oxygen atoms in total. The zero-order chi connectivity index (χ0) is 22.6. The summed E-state index contributed by atoms with van der Waals surface area (Å²) >= 11 is 3.66. The molecule has 0 aliphatic carbocycles. The molecule has 0 radical (unpaired) electrons. The first kappa shape index (κ1) is 25.7. The van der Waals surface area contributed by atoms with Crippen LogP contribution in [0.1, 0.15) is 75.6 Å². The standard InChI is InChI=1S/C27H37N2.ClH.Cu/c1-5-11-22-15-9-16-23(12-6-2)26(22)28-19-20-29(21-28)27-24(13-7-3)17-10-18-25(27)14-8-4;;/h9-10,15-21H,5-8,11-14H2,1-4H3;1H;/q+1;;+1/p-1. The van der Waals surface area contributed by atoms with E-state index >= 15 is 0 Å². The van der Waals surface area contributed by atoms with Gasteiger partial charge in [0.05, 0.1) is 0 Å². The van der Waals surface area contributed by atoms with Gasteiger partial charge in [-0.3, -0.25) is 0 Å². The molecule has 0 atom stereocenters. The molecule has 0 amide bonds. The van der Waals surface area contributed by atoms with Crippen LogP contribution in [0.3, 0.4) is 0 Å². The molecule has 0 saturated heterocycles. The molecule has 0 saturated carbocycles. The van der Waals surface area contributed by atoms with Gasteiger partial charge in [0.2, 0.25) is 0 Å². The third-order valence-electron chi connectivity index (χ3n) is 5.64. The molecule has 3 aromatic rings. The van der Waals surface area contributed by atoms with Gasteiger partial charge in [-0.25, -0.2) is 9.13 Å². The number of imidazole rings is 1. The molecular weight excluding hydrogens is 451 g/mol. The van der Waals surface area contributed by atoms with Crippen LogP contribution in [0, 0.1) is 0 Å². The normalized spacial score (nSPS) is 10.7. The number of hydrogen-bond acceptors (Lipinski definition) is 0. The third-order valence-corrected chi connectivity index (χ3v) is 5.64. The van der Waals surface area contributed by atoms with Gasteiger partial charge < -0.3 is 0 Å². The average molecular weight is 489 g/mol. The number of benzene rings is 2. The van der Waals surface area contributed by atoms with Crippen molar-refractivity contribution in [1.82, 2.24) is 4.57 Å². The molecule has 0 N–H and O–H groups in total. The van der Waals surface area contributed by atoms with Crippen molar-refractivity contribution >= 4 is 10.1 Å². The van der Waals surface area contributed by atoms with E-state index in [4.69, 9.17) is 0 Å². The van der Waals surface area contributed by atoms with Crippen molar-refractivity contribution in [2.45, 2.75) is 79.1 Å². The second kappa shape index (κ2) is 13.8. The van der Waals surface area contributed by atoms with Gasteiger partial charge in [-0.05, 0) is 47.9 Å². The van der Waals surface area contributed by atoms with E-state index in [0.717, 1.165) is 25.7 Å². The van der Waals surface area contributed by atoms with Gasteiger partial charge in [0, 0.05) is 0 Å². The molecule has 0 unspecified atom stereocenters. The molecule has 2 aromatic carbocycles. The topological polar surface area (TPSA) is 8.81 Å². The maximum atomic E-state index is 4.20. The summed E-state index contributed by atoms with van der Waals surface area (Å²) in [5.41, 5.74) is 8.60. The predicted octanol–water partition coefficient (Wildman–Crippen LogP) is 7.25. The Morgan fingerprint density at radius 1 is 0.710 bits per heavy atom. The minimum absolute atomic E-state index is 1.12. The van der Waals surface area contributed by atoms with Gasteiger partial charge >= 0.3 is 25.2 Å². The number of hydrogen-bond donors (Lipinski definition) is 0. The van der Waals surface area contributed by atoms with E-state index < -0.39 is 0 Å². The van der Waals surface area contributed by atoms with Crippen molar-refractivity contribution in [1.29, 1.82) is 0 Å². The maximum absolute atomic E-state index is 4.20. The summed E-state index contributed by atoms with van der Waals surface area (Å²) in [5.74, 6) is 0. The number of aromatic nitrogens is 2. The molecule has 1 aromatic heterocycles. The molecule has 4 heteroatoms. The molecule has 0 fully saturated rings. The first-order valence-corrected chi connectivity index (χ1v) is 13.0. The summed E-state index contributed by atoms with van der Waals surface area (Å²) in [6, 6.07) is 13.7. The van der Waals surface area contributed by atoms with Crippen molar-refractivity contribution in [2.75, 3.05) is 0 Å². The number of para-hydroxylation sites is 2. The van der Waals surface area contributed by atoms with Crippen molar-refractivity contribution < 1.29 is 19.7 Å². The summed E-state index contributed by atoms with van der Waals surface area (Å²) < 4.78 is 4.71. The van der Waals surface area contributed by atoms with Crippen molar-refractivity contribution in [2.24, 2.45) is 0 Å². The summed E-state index contributed by atoms with van der Waals surface area (Å²) in [4.78, 5) is 0. The fourth-order valence-electron chi connectivity index (χ4n) is 4.46. The van der Waals surface area contributed by atoms with Crippen LogP contribution in [-0.2, 0) is 40.8 Å². The molecule has 31 heavy (non-hydrogen) atoms. The van der Waals surface area contributed by atoms with Crippen LogP contribution in [0.4, 0.5) is 0 Å². The number of aryl methyl sites for hydroxylation is 4. The Bertz CT molecular complexity index is 810. The van der Waals surface area contributed by atoms with Gasteiger partial charge in [0.15, 0.2) is 0 Å². The van der Waals surface area contributed by atoms with E-state index in [2.05, 4.69) is 117 Å². The quantitative estimate of drug-likeness (QED) is 0.210. The van der Waals surface area contributed by atoms with Gasteiger partial charge in [-0.2, -0.15) is 0 Å². The molecule has 172 valence electrons. The van der Waals surface area contributed by atoms with Gasteiger partial charge in [-0.15, -0.1) is 0 Å². The monoisotopic (exact) mass is 487 g/mol. The van der Waals surface area contributed by atoms with Crippen LogP contribution < -0.4 is 4.57 Å². The van der Waals surface area contributed by atoms with Gasteiger partial charge in [-0.1, -0.05) is 89.8 Å². The van der Waals surface area contributed by atoms with Crippen molar-refractivity contribution in [3.8, 4) is 11.4 Å². The molecule has 0 spiro atoms. The van der Waals surface area contributed by atoms with Gasteiger partial charge in [0.1, 0.15) is 23.8 Å². The Morgan fingerprint density at radius 3 is 1.58 bits per heavy atom. The molecule has 3 rings (SSSR count). The van der Waals surface area contributed by atoms with Crippen LogP contribution in [-0.4, -0.2) is 4.57 Å². The molecule has 0 aliphatic rings. The molecule has 0 bridgehead atoms. The van der Waals surface area contributed by atoms with Crippen molar-refractivity contribution in [3.05, 3.63) is 77.4 Å².